The number of nitrogens with one attached hydrogen (secondary N) is 1. The number of anilines is 1. The molecule has 0 aromatic carbocycles. The van der Waals surface area contributed by atoms with Gasteiger partial charge in [0.2, 0.25) is 0 Å². The number of methoxy groups -OCH3 is 1. The summed E-state index contributed by atoms with van der Waals surface area (Å²) in [5.41, 5.74) is 0.871. The van der Waals surface area contributed by atoms with Crippen LogP contribution in [0.4, 0.5) is 5.13 Å². The Morgan fingerprint density at radius 3 is 2.80 bits per heavy atom. The highest BCUT2D eigenvalue weighted by molar-refractivity contribution is 7.15. The molecule has 1 saturated heterocycles. The number of aryl methyl sites for hydroxylation is 2. The molecule has 1 N–H and O–H groups in total. The molecule has 1 aromatic rings. The first-order chi connectivity index (χ1) is 9.51. The van der Waals surface area contributed by atoms with E-state index in [1.807, 2.05) is 13.8 Å². The van der Waals surface area contributed by atoms with Gasteiger partial charge in [-0.25, -0.2) is 4.98 Å². The minimum atomic E-state index is -0.629. The summed E-state index contributed by atoms with van der Waals surface area (Å²) >= 11 is 1.37. The highest BCUT2D eigenvalue weighted by Gasteiger charge is 2.28. The number of piperidine rings is 1. The number of thiazole rings is 1. The Kier molecular flexibility index (Phi) is 4.72. The Labute approximate surface area is 122 Å². The van der Waals surface area contributed by atoms with Crippen LogP contribution in [0.25, 0.3) is 0 Å². The fourth-order valence-electron chi connectivity index (χ4n) is 2.14. The van der Waals surface area contributed by atoms with Crippen molar-refractivity contribution in [2.75, 3.05) is 25.5 Å². The number of hydrogen-bond donors (Lipinski definition) is 1. The molecule has 0 saturated carbocycles. The molecule has 1 aromatic heterocycles. The van der Waals surface area contributed by atoms with Crippen molar-refractivity contribution >= 4 is 28.3 Å². The van der Waals surface area contributed by atoms with Gasteiger partial charge >= 0.3 is 11.8 Å². The van der Waals surface area contributed by atoms with Gasteiger partial charge in [0.25, 0.3) is 0 Å². The highest BCUT2D eigenvalue weighted by Crippen LogP contribution is 2.21. The van der Waals surface area contributed by atoms with E-state index in [4.69, 9.17) is 4.74 Å². The van der Waals surface area contributed by atoms with Crippen molar-refractivity contribution in [2.24, 2.45) is 0 Å². The summed E-state index contributed by atoms with van der Waals surface area (Å²) in [5, 5.41) is 3.04. The summed E-state index contributed by atoms with van der Waals surface area (Å²) in [6, 6.07) is 0. The zero-order chi connectivity index (χ0) is 14.7. The van der Waals surface area contributed by atoms with Crippen molar-refractivity contribution in [1.82, 2.24) is 9.88 Å². The molecule has 0 radical (unpaired) electrons. The first-order valence-corrected chi connectivity index (χ1v) is 7.40. The SMILES string of the molecule is COC1CCCN(C(=O)C(=O)Nc2nc(C)c(C)s2)C1. The lowest BCUT2D eigenvalue weighted by molar-refractivity contribution is -0.145. The van der Waals surface area contributed by atoms with Gasteiger partial charge in [0.15, 0.2) is 5.13 Å². The van der Waals surface area contributed by atoms with E-state index < -0.39 is 11.8 Å². The maximum atomic E-state index is 12.1. The number of carbonyl (C=O) groups is 2. The van der Waals surface area contributed by atoms with E-state index in [-0.39, 0.29) is 6.10 Å². The smallest absolute Gasteiger partial charge is 0.315 e. The molecule has 6 nitrogen and oxygen atoms in total. The normalized spacial score (nSPS) is 18.9. The van der Waals surface area contributed by atoms with E-state index in [0.29, 0.717) is 18.2 Å². The standard InChI is InChI=1S/C13H19N3O3S/c1-8-9(2)20-13(14-8)15-11(17)12(18)16-6-4-5-10(7-16)19-3/h10H,4-7H2,1-3H3,(H,14,15,17). The largest absolute Gasteiger partial charge is 0.380 e. The highest BCUT2D eigenvalue weighted by atomic mass is 32.1. The fourth-order valence-corrected chi connectivity index (χ4v) is 2.95. The molecule has 0 bridgehead atoms. The van der Waals surface area contributed by atoms with Crippen LogP contribution in [0.15, 0.2) is 0 Å². The van der Waals surface area contributed by atoms with Gasteiger partial charge in [0.05, 0.1) is 11.8 Å². The molecule has 1 aliphatic heterocycles. The summed E-state index contributed by atoms with van der Waals surface area (Å²) in [5.74, 6) is -1.15. The van der Waals surface area contributed by atoms with E-state index in [1.54, 1.807) is 12.0 Å². The Bertz CT molecular complexity index is 495. The molecule has 1 atom stereocenters. The molecule has 2 amide bonds. The second kappa shape index (κ2) is 6.32. The quantitative estimate of drug-likeness (QED) is 0.836. The maximum absolute atomic E-state index is 12.1. The molecule has 7 heteroatoms. The molecule has 2 rings (SSSR count). The van der Waals surface area contributed by atoms with E-state index >= 15 is 0 Å². The van der Waals surface area contributed by atoms with Crippen molar-refractivity contribution in [3.8, 4) is 0 Å². The van der Waals surface area contributed by atoms with E-state index in [1.165, 1.54) is 11.3 Å². The fraction of sp³-hybridized carbons (Fsp3) is 0.615. The summed E-state index contributed by atoms with van der Waals surface area (Å²) in [6.45, 7) is 4.87. The minimum Gasteiger partial charge on any atom is -0.380 e. The van der Waals surface area contributed by atoms with Gasteiger partial charge < -0.3 is 9.64 Å². The number of aromatic nitrogens is 1. The summed E-state index contributed by atoms with van der Waals surface area (Å²) in [6.07, 6.45) is 1.80. The third kappa shape index (κ3) is 3.34. The van der Waals surface area contributed by atoms with Crippen LogP contribution < -0.4 is 5.32 Å². The molecule has 1 aliphatic rings. The average Bonchev–Trinajstić information content (AvgIpc) is 2.76. The first kappa shape index (κ1) is 14.9. The number of likely N-dealkylation sites (tertiary alicyclic amines) is 1. The van der Waals surface area contributed by atoms with E-state index in [9.17, 15) is 9.59 Å². The Morgan fingerprint density at radius 2 is 2.20 bits per heavy atom. The number of rotatable bonds is 2. The molecule has 1 fully saturated rings. The molecule has 110 valence electrons. The Balaban J connectivity index is 1.96. The molecule has 0 aliphatic carbocycles. The molecule has 0 spiro atoms. The van der Waals surface area contributed by atoms with Crippen molar-refractivity contribution in [1.29, 1.82) is 0 Å². The van der Waals surface area contributed by atoms with Gasteiger partial charge in [0, 0.05) is 25.1 Å². The van der Waals surface area contributed by atoms with Gasteiger partial charge in [-0.05, 0) is 26.7 Å². The summed E-state index contributed by atoms with van der Waals surface area (Å²) < 4.78 is 5.25. The van der Waals surface area contributed by atoms with Crippen molar-refractivity contribution < 1.29 is 14.3 Å². The van der Waals surface area contributed by atoms with Crippen LogP contribution in [0.1, 0.15) is 23.4 Å². The monoisotopic (exact) mass is 297 g/mol. The van der Waals surface area contributed by atoms with Crippen LogP contribution in [0.2, 0.25) is 0 Å². The van der Waals surface area contributed by atoms with Crippen LogP contribution in [0, 0.1) is 13.8 Å². The van der Waals surface area contributed by atoms with Gasteiger partial charge in [-0.3, -0.25) is 14.9 Å². The lowest BCUT2D eigenvalue weighted by Crippen LogP contribution is -2.47. The molecule has 1 unspecified atom stereocenters. The molecular formula is C13H19N3O3S. The Morgan fingerprint density at radius 1 is 1.45 bits per heavy atom. The lowest BCUT2D eigenvalue weighted by atomic mass is 10.1. The maximum Gasteiger partial charge on any atom is 0.315 e. The van der Waals surface area contributed by atoms with E-state index in [0.717, 1.165) is 23.4 Å². The van der Waals surface area contributed by atoms with Crippen molar-refractivity contribution in [3.05, 3.63) is 10.6 Å². The average molecular weight is 297 g/mol. The number of nitrogens with zero attached hydrogens (tertiary/aromatic N) is 2. The summed E-state index contributed by atoms with van der Waals surface area (Å²) in [4.78, 5) is 30.8. The predicted molar refractivity (Wildman–Crippen MR) is 76.8 cm³/mol. The second-order valence-electron chi connectivity index (χ2n) is 4.87. The number of amides is 2. The first-order valence-electron chi connectivity index (χ1n) is 6.58. The zero-order valence-corrected chi connectivity index (χ0v) is 12.7. The van der Waals surface area contributed by atoms with Crippen molar-refractivity contribution in [2.45, 2.75) is 32.8 Å². The minimum absolute atomic E-state index is 0.0184. The second-order valence-corrected chi connectivity index (χ2v) is 6.07. The number of carbonyl (C=O) groups excluding carboxylic acids is 2. The predicted octanol–water partition coefficient (Wildman–Crippen LogP) is 1.34. The van der Waals surface area contributed by atoms with Crippen LogP contribution in [0.5, 0.6) is 0 Å². The third-order valence-corrected chi connectivity index (χ3v) is 4.43. The Hall–Kier alpha value is -1.47. The van der Waals surface area contributed by atoms with Crippen LogP contribution in [-0.2, 0) is 14.3 Å². The number of ether oxygens (including phenoxy) is 1. The zero-order valence-electron chi connectivity index (χ0n) is 11.9. The van der Waals surface area contributed by atoms with Crippen LogP contribution in [-0.4, -0.2) is 48.0 Å². The summed E-state index contributed by atoms with van der Waals surface area (Å²) in [7, 11) is 1.62. The van der Waals surface area contributed by atoms with Gasteiger partial charge in [0.1, 0.15) is 0 Å². The number of hydrogen-bond acceptors (Lipinski definition) is 5. The van der Waals surface area contributed by atoms with Gasteiger partial charge in [-0.2, -0.15) is 0 Å². The third-order valence-electron chi connectivity index (χ3n) is 3.44. The topological polar surface area (TPSA) is 71.5 Å². The van der Waals surface area contributed by atoms with E-state index in [2.05, 4.69) is 10.3 Å². The van der Waals surface area contributed by atoms with Crippen LogP contribution >= 0.6 is 11.3 Å². The molecule has 20 heavy (non-hydrogen) atoms. The van der Waals surface area contributed by atoms with Gasteiger partial charge in [-0.1, -0.05) is 0 Å². The van der Waals surface area contributed by atoms with Crippen LogP contribution in [0.3, 0.4) is 0 Å². The lowest BCUT2D eigenvalue weighted by Gasteiger charge is -2.31. The molecular weight excluding hydrogens is 278 g/mol. The van der Waals surface area contributed by atoms with Gasteiger partial charge in [-0.15, -0.1) is 11.3 Å². The van der Waals surface area contributed by atoms with Crippen molar-refractivity contribution in [3.63, 3.8) is 0 Å². The molecule has 2 heterocycles.